The SMILES string of the molecule is CCOC1(c2cccs2)Oc2cc(C)c(Cl)cc2C(=O)C12OCC=C2C. The molecule has 0 aliphatic carbocycles. The molecule has 1 aromatic carbocycles. The zero-order chi connectivity index (χ0) is 18.5. The summed E-state index contributed by atoms with van der Waals surface area (Å²) in [7, 11) is 0. The monoisotopic (exact) mass is 390 g/mol. The van der Waals surface area contributed by atoms with Gasteiger partial charge in [0, 0.05) is 11.6 Å². The fraction of sp³-hybridized carbons (Fsp3) is 0.350. The fourth-order valence-corrected chi connectivity index (χ4v) is 4.75. The smallest absolute Gasteiger partial charge is 0.287 e. The Morgan fingerprint density at radius 3 is 2.77 bits per heavy atom. The molecule has 2 aliphatic heterocycles. The van der Waals surface area contributed by atoms with Crippen molar-refractivity contribution in [2.24, 2.45) is 0 Å². The van der Waals surface area contributed by atoms with Crippen LogP contribution in [0.25, 0.3) is 0 Å². The van der Waals surface area contributed by atoms with E-state index >= 15 is 0 Å². The number of halogens is 1. The average Bonchev–Trinajstić information content (AvgIpc) is 3.26. The summed E-state index contributed by atoms with van der Waals surface area (Å²) in [4.78, 5) is 14.5. The van der Waals surface area contributed by atoms with Gasteiger partial charge in [0.2, 0.25) is 11.4 Å². The molecule has 1 aromatic heterocycles. The van der Waals surface area contributed by atoms with Crippen LogP contribution in [0.3, 0.4) is 0 Å². The van der Waals surface area contributed by atoms with Crippen LogP contribution in [0.15, 0.2) is 41.3 Å². The van der Waals surface area contributed by atoms with E-state index in [-0.39, 0.29) is 5.78 Å². The van der Waals surface area contributed by atoms with Gasteiger partial charge in [0.1, 0.15) is 5.75 Å². The molecular weight excluding hydrogens is 372 g/mol. The molecule has 0 amide bonds. The Morgan fingerprint density at radius 1 is 1.35 bits per heavy atom. The van der Waals surface area contributed by atoms with Crippen LogP contribution in [-0.2, 0) is 15.3 Å². The van der Waals surface area contributed by atoms with Crippen molar-refractivity contribution >= 4 is 28.7 Å². The van der Waals surface area contributed by atoms with Crippen molar-refractivity contribution in [3.63, 3.8) is 0 Å². The highest BCUT2D eigenvalue weighted by molar-refractivity contribution is 7.10. The lowest BCUT2D eigenvalue weighted by atomic mass is 9.76. The van der Waals surface area contributed by atoms with E-state index in [2.05, 4.69) is 0 Å². The normalized spacial score (nSPS) is 27.4. The molecule has 4 nitrogen and oxygen atoms in total. The number of benzene rings is 1. The van der Waals surface area contributed by atoms with Gasteiger partial charge in [0.15, 0.2) is 0 Å². The third-order valence-corrected chi connectivity index (χ3v) is 6.34. The van der Waals surface area contributed by atoms with Crippen LogP contribution in [0, 0.1) is 6.92 Å². The second-order valence-electron chi connectivity index (χ2n) is 6.43. The first kappa shape index (κ1) is 17.7. The van der Waals surface area contributed by atoms with Crippen molar-refractivity contribution in [2.75, 3.05) is 13.2 Å². The summed E-state index contributed by atoms with van der Waals surface area (Å²) >= 11 is 7.76. The maximum atomic E-state index is 13.7. The zero-order valence-corrected chi connectivity index (χ0v) is 16.4. The second-order valence-corrected chi connectivity index (χ2v) is 7.79. The maximum Gasteiger partial charge on any atom is 0.287 e. The van der Waals surface area contributed by atoms with E-state index in [0.29, 0.717) is 29.5 Å². The van der Waals surface area contributed by atoms with E-state index in [4.69, 9.17) is 25.8 Å². The minimum Gasteiger partial charge on any atom is -0.452 e. The summed E-state index contributed by atoms with van der Waals surface area (Å²) in [6.07, 6.45) is 1.91. The second kappa shape index (κ2) is 6.20. The number of Topliss-reactive ketones (excluding diaryl/α,β-unsaturated/α-hetero) is 1. The molecule has 2 aliphatic rings. The number of rotatable bonds is 3. The van der Waals surface area contributed by atoms with Crippen LogP contribution in [-0.4, -0.2) is 24.6 Å². The minimum absolute atomic E-state index is 0.186. The van der Waals surface area contributed by atoms with Gasteiger partial charge in [-0.15, -0.1) is 11.3 Å². The van der Waals surface area contributed by atoms with E-state index in [1.165, 1.54) is 11.3 Å². The van der Waals surface area contributed by atoms with Gasteiger partial charge in [-0.3, -0.25) is 4.79 Å². The number of fused-ring (bicyclic) bond motifs is 1. The van der Waals surface area contributed by atoms with Gasteiger partial charge in [-0.05, 0) is 55.5 Å². The Morgan fingerprint density at radius 2 is 2.15 bits per heavy atom. The van der Waals surface area contributed by atoms with Crippen LogP contribution >= 0.6 is 22.9 Å². The van der Waals surface area contributed by atoms with E-state index in [9.17, 15) is 4.79 Å². The Labute approximate surface area is 161 Å². The molecule has 0 saturated carbocycles. The molecule has 6 heteroatoms. The highest BCUT2D eigenvalue weighted by Gasteiger charge is 2.68. The molecule has 0 N–H and O–H groups in total. The first-order chi connectivity index (χ1) is 12.5. The van der Waals surface area contributed by atoms with E-state index < -0.39 is 11.4 Å². The van der Waals surface area contributed by atoms with Crippen molar-refractivity contribution in [1.29, 1.82) is 0 Å². The van der Waals surface area contributed by atoms with Crippen LogP contribution in [0.1, 0.15) is 34.6 Å². The van der Waals surface area contributed by atoms with Crippen molar-refractivity contribution in [2.45, 2.75) is 32.2 Å². The third-order valence-electron chi connectivity index (χ3n) is 4.98. The highest BCUT2D eigenvalue weighted by Crippen LogP contribution is 2.54. The molecule has 26 heavy (non-hydrogen) atoms. The largest absolute Gasteiger partial charge is 0.452 e. The van der Waals surface area contributed by atoms with Gasteiger partial charge < -0.3 is 14.2 Å². The zero-order valence-electron chi connectivity index (χ0n) is 14.8. The molecule has 1 spiro atoms. The first-order valence-corrected chi connectivity index (χ1v) is 9.75. The highest BCUT2D eigenvalue weighted by atomic mass is 35.5. The molecule has 0 bridgehead atoms. The number of thiophene rings is 1. The Kier molecular flexibility index (Phi) is 4.23. The van der Waals surface area contributed by atoms with Gasteiger partial charge in [0.25, 0.3) is 5.79 Å². The van der Waals surface area contributed by atoms with Gasteiger partial charge in [0.05, 0.1) is 17.0 Å². The van der Waals surface area contributed by atoms with Gasteiger partial charge >= 0.3 is 0 Å². The summed E-state index contributed by atoms with van der Waals surface area (Å²) in [5.74, 6) is -1.08. The summed E-state index contributed by atoms with van der Waals surface area (Å²) in [6.45, 7) is 6.34. The van der Waals surface area contributed by atoms with Gasteiger partial charge in [-0.2, -0.15) is 0 Å². The lowest BCUT2D eigenvalue weighted by Gasteiger charge is -2.49. The van der Waals surface area contributed by atoms with E-state index in [0.717, 1.165) is 16.0 Å². The molecule has 136 valence electrons. The fourth-order valence-electron chi connectivity index (χ4n) is 3.73. The van der Waals surface area contributed by atoms with Crippen LogP contribution in [0.4, 0.5) is 0 Å². The molecule has 0 radical (unpaired) electrons. The van der Waals surface area contributed by atoms with Gasteiger partial charge in [-0.1, -0.05) is 23.7 Å². The Balaban J connectivity index is 2.04. The van der Waals surface area contributed by atoms with Crippen LogP contribution < -0.4 is 4.74 Å². The minimum atomic E-state index is -1.36. The predicted octanol–water partition coefficient (Wildman–Crippen LogP) is 4.89. The number of ketones is 1. The summed E-state index contributed by atoms with van der Waals surface area (Å²) < 4.78 is 18.7. The molecule has 2 atom stereocenters. The predicted molar refractivity (Wildman–Crippen MR) is 101 cm³/mol. The number of aryl methyl sites for hydroxylation is 1. The summed E-state index contributed by atoms with van der Waals surface area (Å²) in [5, 5.41) is 2.46. The lowest BCUT2D eigenvalue weighted by molar-refractivity contribution is -0.269. The number of hydrogen-bond acceptors (Lipinski definition) is 5. The van der Waals surface area contributed by atoms with Crippen molar-refractivity contribution in [3.8, 4) is 5.75 Å². The quantitative estimate of drug-likeness (QED) is 0.700. The van der Waals surface area contributed by atoms with Crippen molar-refractivity contribution in [3.05, 3.63) is 62.3 Å². The molecule has 2 aromatic rings. The summed E-state index contributed by atoms with van der Waals surface area (Å²) in [6, 6.07) is 7.28. The maximum absolute atomic E-state index is 13.7. The summed E-state index contributed by atoms with van der Waals surface area (Å²) in [5.41, 5.74) is 0.679. The number of ether oxygens (including phenoxy) is 3. The molecule has 0 saturated heterocycles. The standard InChI is InChI=1S/C20H19ClO4S/c1-4-23-20(17-6-5-9-26-17)19(13(3)7-8-24-19)18(22)14-11-15(21)12(2)10-16(14)25-20/h5-7,9-11H,4,8H2,1-3H3. The van der Waals surface area contributed by atoms with Crippen molar-refractivity contribution < 1.29 is 19.0 Å². The van der Waals surface area contributed by atoms with Crippen LogP contribution in [0.5, 0.6) is 5.75 Å². The lowest BCUT2D eigenvalue weighted by Crippen LogP contribution is -2.64. The number of carbonyl (C=O) groups is 1. The van der Waals surface area contributed by atoms with E-state index in [1.54, 1.807) is 12.1 Å². The van der Waals surface area contributed by atoms with Gasteiger partial charge in [-0.25, -0.2) is 0 Å². The Hall–Kier alpha value is -1.66. The van der Waals surface area contributed by atoms with Crippen molar-refractivity contribution in [1.82, 2.24) is 0 Å². The average molecular weight is 391 g/mol. The molecular formula is C20H19ClO4S. The topological polar surface area (TPSA) is 44.8 Å². The molecule has 2 unspecified atom stereocenters. The Bertz CT molecular complexity index is 905. The molecule has 3 heterocycles. The molecule has 0 fully saturated rings. The number of hydrogen-bond donors (Lipinski definition) is 0. The van der Waals surface area contributed by atoms with Crippen LogP contribution in [0.2, 0.25) is 5.02 Å². The molecule has 4 rings (SSSR count). The number of carbonyl (C=O) groups excluding carboxylic acids is 1. The van der Waals surface area contributed by atoms with E-state index in [1.807, 2.05) is 44.4 Å². The first-order valence-electron chi connectivity index (χ1n) is 8.49. The third kappa shape index (κ3) is 2.18.